The molecule has 0 radical (unpaired) electrons. The summed E-state index contributed by atoms with van der Waals surface area (Å²) >= 11 is 4.90. The van der Waals surface area contributed by atoms with Gasteiger partial charge in [0.05, 0.1) is 18.4 Å². The highest BCUT2D eigenvalue weighted by Gasteiger charge is 2.30. The summed E-state index contributed by atoms with van der Waals surface area (Å²) in [4.78, 5) is 0. The molecule has 0 aliphatic rings. The van der Waals surface area contributed by atoms with Crippen LogP contribution in [-0.4, -0.2) is 31.6 Å². The number of hydrogen-bond donors (Lipinski definition) is 2. The van der Waals surface area contributed by atoms with Gasteiger partial charge in [-0.25, -0.2) is 0 Å². The van der Waals surface area contributed by atoms with Crippen LogP contribution in [0.3, 0.4) is 0 Å². The second-order valence-electron chi connectivity index (χ2n) is 3.74. The molecular weight excluding hydrogens is 291 g/mol. The first-order valence-corrected chi connectivity index (χ1v) is 6.07. The Hall–Kier alpha value is -1.67. The third-order valence-corrected chi connectivity index (χ3v) is 2.42. The molecule has 1 aromatic rings. The second-order valence-corrected chi connectivity index (χ2v) is 4.15. The van der Waals surface area contributed by atoms with Crippen molar-refractivity contribution >= 4 is 23.5 Å². The zero-order chi connectivity index (χ0) is 15.0. The van der Waals surface area contributed by atoms with E-state index >= 15 is 0 Å². The number of rotatable bonds is 5. The second kappa shape index (κ2) is 7.81. The lowest BCUT2D eigenvalue weighted by atomic mass is 10.1. The van der Waals surface area contributed by atoms with Gasteiger partial charge in [-0.05, 0) is 29.9 Å². The highest BCUT2D eigenvalue weighted by atomic mass is 32.1. The Bertz CT molecular complexity index is 477. The Morgan fingerprint density at radius 2 is 2.20 bits per heavy atom. The molecule has 20 heavy (non-hydrogen) atoms. The summed E-state index contributed by atoms with van der Waals surface area (Å²) in [5, 5.41) is 6.83. The molecule has 0 spiro atoms. The van der Waals surface area contributed by atoms with Crippen molar-refractivity contribution in [3.8, 4) is 0 Å². The van der Waals surface area contributed by atoms with Crippen molar-refractivity contribution in [1.29, 1.82) is 0 Å². The van der Waals surface area contributed by atoms with Gasteiger partial charge < -0.3 is 10.1 Å². The minimum Gasteiger partial charge on any atom is -0.383 e. The van der Waals surface area contributed by atoms with E-state index in [9.17, 15) is 13.2 Å². The zero-order valence-electron chi connectivity index (χ0n) is 10.7. The first-order valence-electron chi connectivity index (χ1n) is 5.66. The number of halogens is 3. The smallest absolute Gasteiger partial charge is 0.383 e. The average Bonchev–Trinajstić information content (AvgIpc) is 2.38. The molecule has 110 valence electrons. The van der Waals surface area contributed by atoms with Gasteiger partial charge >= 0.3 is 6.18 Å². The predicted octanol–water partition coefficient (Wildman–Crippen LogP) is 2.15. The predicted molar refractivity (Wildman–Crippen MR) is 74.7 cm³/mol. The highest BCUT2D eigenvalue weighted by Crippen LogP contribution is 2.29. The lowest BCUT2D eigenvalue weighted by Gasteiger charge is -2.07. The van der Waals surface area contributed by atoms with Crippen LogP contribution in [0.15, 0.2) is 29.4 Å². The third kappa shape index (κ3) is 5.98. The van der Waals surface area contributed by atoms with E-state index in [0.717, 1.165) is 12.1 Å². The molecule has 8 heteroatoms. The van der Waals surface area contributed by atoms with E-state index < -0.39 is 11.7 Å². The zero-order valence-corrected chi connectivity index (χ0v) is 11.5. The fraction of sp³-hybridized carbons (Fsp3) is 0.333. The van der Waals surface area contributed by atoms with Gasteiger partial charge in [0.25, 0.3) is 0 Å². The van der Waals surface area contributed by atoms with E-state index in [4.69, 9.17) is 17.0 Å². The van der Waals surface area contributed by atoms with Crippen molar-refractivity contribution in [1.82, 2.24) is 10.7 Å². The first kappa shape index (κ1) is 16.4. The number of hydrogen-bond acceptors (Lipinski definition) is 3. The van der Waals surface area contributed by atoms with Crippen LogP contribution < -0.4 is 10.7 Å². The monoisotopic (exact) mass is 305 g/mol. The maximum atomic E-state index is 12.5. The van der Waals surface area contributed by atoms with E-state index in [1.165, 1.54) is 18.3 Å². The largest absolute Gasteiger partial charge is 0.416 e. The Morgan fingerprint density at radius 3 is 2.85 bits per heavy atom. The molecule has 0 aliphatic heterocycles. The molecule has 0 saturated heterocycles. The minimum absolute atomic E-state index is 0.269. The molecule has 0 saturated carbocycles. The molecule has 0 atom stereocenters. The molecule has 4 nitrogen and oxygen atoms in total. The van der Waals surface area contributed by atoms with Gasteiger partial charge in [-0.2, -0.15) is 18.3 Å². The number of nitrogens with one attached hydrogen (secondary N) is 2. The van der Waals surface area contributed by atoms with Gasteiger partial charge in [0.15, 0.2) is 5.11 Å². The van der Waals surface area contributed by atoms with Crippen molar-refractivity contribution in [2.45, 2.75) is 6.18 Å². The molecule has 1 aromatic carbocycles. The lowest BCUT2D eigenvalue weighted by Crippen LogP contribution is -2.34. The average molecular weight is 305 g/mol. The quantitative estimate of drug-likeness (QED) is 0.379. The molecule has 0 heterocycles. The van der Waals surface area contributed by atoms with Crippen molar-refractivity contribution < 1.29 is 17.9 Å². The van der Waals surface area contributed by atoms with Crippen LogP contribution in [0.5, 0.6) is 0 Å². The molecule has 1 rings (SSSR count). The molecule has 0 amide bonds. The number of benzene rings is 1. The van der Waals surface area contributed by atoms with Crippen molar-refractivity contribution in [2.75, 3.05) is 20.3 Å². The van der Waals surface area contributed by atoms with Gasteiger partial charge in [0, 0.05) is 13.7 Å². The van der Waals surface area contributed by atoms with Crippen LogP contribution >= 0.6 is 12.2 Å². The number of thiocarbonyl (C=S) groups is 1. The van der Waals surface area contributed by atoms with Crippen LogP contribution in [0.25, 0.3) is 0 Å². The normalized spacial score (nSPS) is 11.6. The van der Waals surface area contributed by atoms with Crippen LogP contribution in [-0.2, 0) is 10.9 Å². The first-order chi connectivity index (χ1) is 9.43. The number of methoxy groups -OCH3 is 1. The van der Waals surface area contributed by atoms with Gasteiger partial charge in [-0.3, -0.25) is 5.43 Å². The van der Waals surface area contributed by atoms with E-state index in [1.54, 1.807) is 7.11 Å². The summed E-state index contributed by atoms with van der Waals surface area (Å²) < 4.78 is 42.3. The topological polar surface area (TPSA) is 45.6 Å². The molecule has 2 N–H and O–H groups in total. The van der Waals surface area contributed by atoms with Crippen LogP contribution in [0.4, 0.5) is 13.2 Å². The van der Waals surface area contributed by atoms with Gasteiger partial charge in [0.2, 0.25) is 0 Å². The summed E-state index contributed by atoms with van der Waals surface area (Å²) in [5.74, 6) is 0. The number of hydrazone groups is 1. The van der Waals surface area contributed by atoms with Gasteiger partial charge in [-0.1, -0.05) is 12.1 Å². The molecular formula is C12H14F3N3OS. The summed E-state index contributed by atoms with van der Waals surface area (Å²) in [6.45, 7) is 1.00. The van der Waals surface area contributed by atoms with Gasteiger partial charge in [-0.15, -0.1) is 0 Å². The fourth-order valence-corrected chi connectivity index (χ4v) is 1.42. The Balaban J connectivity index is 2.52. The van der Waals surface area contributed by atoms with Crippen LogP contribution in [0.1, 0.15) is 11.1 Å². The number of nitrogens with zero attached hydrogens (tertiary/aromatic N) is 1. The van der Waals surface area contributed by atoms with Crippen molar-refractivity contribution in [3.63, 3.8) is 0 Å². The van der Waals surface area contributed by atoms with E-state index in [1.807, 2.05) is 0 Å². The summed E-state index contributed by atoms with van der Waals surface area (Å²) in [6, 6.07) is 4.84. The van der Waals surface area contributed by atoms with Gasteiger partial charge in [0.1, 0.15) is 0 Å². The van der Waals surface area contributed by atoms with E-state index in [0.29, 0.717) is 18.7 Å². The summed E-state index contributed by atoms with van der Waals surface area (Å²) in [5.41, 5.74) is 2.11. The summed E-state index contributed by atoms with van der Waals surface area (Å²) in [7, 11) is 1.56. The van der Waals surface area contributed by atoms with E-state index in [2.05, 4.69) is 15.8 Å². The van der Waals surface area contributed by atoms with E-state index in [-0.39, 0.29) is 5.11 Å². The van der Waals surface area contributed by atoms with Crippen molar-refractivity contribution in [2.24, 2.45) is 5.10 Å². The summed E-state index contributed by atoms with van der Waals surface area (Å²) in [6.07, 6.45) is -3.10. The van der Waals surface area contributed by atoms with Crippen LogP contribution in [0, 0.1) is 0 Å². The van der Waals surface area contributed by atoms with Crippen molar-refractivity contribution in [3.05, 3.63) is 35.4 Å². The number of alkyl halides is 3. The lowest BCUT2D eigenvalue weighted by molar-refractivity contribution is -0.137. The molecule has 0 aromatic heterocycles. The minimum atomic E-state index is -4.37. The number of ether oxygens (including phenoxy) is 1. The molecule has 0 bridgehead atoms. The fourth-order valence-electron chi connectivity index (χ4n) is 1.27. The van der Waals surface area contributed by atoms with Crippen LogP contribution in [0.2, 0.25) is 0 Å². The molecule has 0 fully saturated rings. The molecule has 0 aliphatic carbocycles. The standard InChI is InChI=1S/C12H14F3N3OS/c1-19-6-5-16-11(20)18-17-8-9-3-2-4-10(7-9)12(13,14)15/h2-4,7-8H,5-6H2,1H3,(H2,16,18,20). The molecule has 0 unspecified atom stereocenters. The Kier molecular flexibility index (Phi) is 6.40. The Morgan fingerprint density at radius 1 is 1.45 bits per heavy atom. The highest BCUT2D eigenvalue weighted by molar-refractivity contribution is 7.80. The maximum absolute atomic E-state index is 12.5. The maximum Gasteiger partial charge on any atom is 0.416 e. The SMILES string of the molecule is COCCNC(=S)NN=Cc1cccc(C(F)(F)F)c1. The Labute approximate surface area is 120 Å². The third-order valence-electron chi connectivity index (χ3n) is 2.19.